The number of carbonyl (C=O) groups excluding carboxylic acids is 1. The Labute approximate surface area is 182 Å². The molecule has 0 atom stereocenters. The molecule has 0 saturated carbocycles. The van der Waals surface area contributed by atoms with Crippen molar-refractivity contribution in [3.63, 3.8) is 0 Å². The third-order valence-corrected chi connectivity index (χ3v) is 6.12. The summed E-state index contributed by atoms with van der Waals surface area (Å²) in [5.74, 6) is 1.54. The normalized spacial score (nSPS) is 14.7. The second-order valence-corrected chi connectivity index (χ2v) is 8.21. The number of piperidine rings is 1. The van der Waals surface area contributed by atoms with E-state index in [1.165, 1.54) is 5.56 Å². The van der Waals surface area contributed by atoms with Crippen LogP contribution in [0.1, 0.15) is 34.3 Å². The minimum absolute atomic E-state index is 0.0586. The van der Waals surface area contributed by atoms with Gasteiger partial charge in [-0.3, -0.25) is 9.48 Å². The van der Waals surface area contributed by atoms with Crippen LogP contribution >= 0.6 is 11.6 Å². The van der Waals surface area contributed by atoms with Crippen molar-refractivity contribution in [2.24, 2.45) is 5.92 Å². The van der Waals surface area contributed by atoms with Crippen molar-refractivity contribution in [2.45, 2.75) is 25.8 Å². The van der Waals surface area contributed by atoms with Gasteiger partial charge in [-0.25, -0.2) is 0 Å². The molecule has 1 aliphatic rings. The first kappa shape index (κ1) is 20.5. The number of methoxy groups -OCH3 is 1. The number of benzene rings is 2. The first-order valence-electron chi connectivity index (χ1n) is 10.3. The minimum atomic E-state index is 0.0586. The fourth-order valence-electron chi connectivity index (χ4n) is 3.98. The molecule has 0 aliphatic carbocycles. The Morgan fingerprint density at radius 2 is 1.87 bits per heavy atom. The molecule has 1 fully saturated rings. The number of hydrogen-bond acceptors (Lipinski definition) is 3. The molecule has 2 aromatic carbocycles. The summed E-state index contributed by atoms with van der Waals surface area (Å²) in [7, 11) is 1.68. The predicted molar refractivity (Wildman–Crippen MR) is 118 cm³/mol. The second-order valence-electron chi connectivity index (χ2n) is 7.81. The van der Waals surface area contributed by atoms with Crippen LogP contribution in [-0.2, 0) is 13.0 Å². The van der Waals surface area contributed by atoms with Gasteiger partial charge in [-0.15, -0.1) is 0 Å². The third-order valence-electron chi connectivity index (χ3n) is 5.76. The van der Waals surface area contributed by atoms with E-state index in [-0.39, 0.29) is 5.91 Å². The van der Waals surface area contributed by atoms with Crippen LogP contribution in [0.5, 0.6) is 5.75 Å². The SMILES string of the molecule is COc1ccc(CC2CCN(C(=O)c3cnn(Cc4ccccc4Cl)c3)CC2)cc1. The number of hydrogen-bond donors (Lipinski definition) is 0. The van der Waals surface area contributed by atoms with Gasteiger partial charge >= 0.3 is 0 Å². The highest BCUT2D eigenvalue weighted by Gasteiger charge is 2.24. The van der Waals surface area contributed by atoms with Crippen LogP contribution in [0, 0.1) is 5.92 Å². The van der Waals surface area contributed by atoms with Crippen molar-refractivity contribution in [3.05, 3.63) is 82.6 Å². The van der Waals surface area contributed by atoms with E-state index in [9.17, 15) is 4.79 Å². The van der Waals surface area contributed by atoms with Gasteiger partial charge in [0.25, 0.3) is 5.91 Å². The number of nitrogens with zero attached hydrogens (tertiary/aromatic N) is 3. The van der Waals surface area contributed by atoms with E-state index in [1.54, 1.807) is 18.0 Å². The molecule has 2 heterocycles. The molecule has 0 unspecified atom stereocenters. The number of ether oxygens (including phenoxy) is 1. The molecule has 1 aliphatic heterocycles. The predicted octanol–water partition coefficient (Wildman–Crippen LogP) is 4.69. The zero-order valence-electron chi connectivity index (χ0n) is 17.1. The van der Waals surface area contributed by atoms with Gasteiger partial charge in [0.1, 0.15) is 5.75 Å². The van der Waals surface area contributed by atoms with Crippen LogP contribution in [0.2, 0.25) is 5.02 Å². The quantitative estimate of drug-likeness (QED) is 0.578. The van der Waals surface area contributed by atoms with Crippen molar-refractivity contribution < 1.29 is 9.53 Å². The molecule has 1 saturated heterocycles. The van der Waals surface area contributed by atoms with E-state index in [0.717, 1.165) is 43.7 Å². The maximum atomic E-state index is 12.9. The molecule has 1 aromatic heterocycles. The smallest absolute Gasteiger partial charge is 0.257 e. The fraction of sp³-hybridized carbons (Fsp3) is 0.333. The minimum Gasteiger partial charge on any atom is -0.497 e. The van der Waals surface area contributed by atoms with E-state index >= 15 is 0 Å². The number of likely N-dealkylation sites (tertiary alicyclic amines) is 1. The Balaban J connectivity index is 1.31. The summed E-state index contributed by atoms with van der Waals surface area (Å²) in [5.41, 5.74) is 2.94. The molecule has 0 N–H and O–H groups in total. The van der Waals surface area contributed by atoms with Crippen LogP contribution < -0.4 is 4.74 Å². The van der Waals surface area contributed by atoms with Gasteiger partial charge in [-0.05, 0) is 54.5 Å². The molecule has 3 aromatic rings. The zero-order chi connectivity index (χ0) is 20.9. The summed E-state index contributed by atoms with van der Waals surface area (Å²) in [5, 5.41) is 5.06. The standard InChI is InChI=1S/C24H26ClN3O2/c1-30-22-8-6-18(7-9-22)14-19-10-12-27(13-11-19)24(29)21-15-26-28(17-21)16-20-4-2-3-5-23(20)25/h2-9,15,17,19H,10-14,16H2,1H3. The molecule has 1 amide bonds. The van der Waals surface area contributed by atoms with Crippen LogP contribution in [0.3, 0.4) is 0 Å². The molecular formula is C24H26ClN3O2. The van der Waals surface area contributed by atoms with E-state index in [2.05, 4.69) is 17.2 Å². The second kappa shape index (κ2) is 9.35. The summed E-state index contributed by atoms with van der Waals surface area (Å²) < 4.78 is 6.99. The van der Waals surface area contributed by atoms with Crippen molar-refractivity contribution in [1.82, 2.24) is 14.7 Å². The van der Waals surface area contributed by atoms with Crippen LogP contribution in [0.25, 0.3) is 0 Å². The number of halogens is 1. The van der Waals surface area contributed by atoms with Gasteiger partial charge < -0.3 is 9.64 Å². The summed E-state index contributed by atoms with van der Waals surface area (Å²) in [4.78, 5) is 14.8. The Hall–Kier alpha value is -2.79. The molecule has 0 bridgehead atoms. The maximum Gasteiger partial charge on any atom is 0.257 e. The summed E-state index contributed by atoms with van der Waals surface area (Å²) in [6.45, 7) is 2.13. The molecule has 156 valence electrons. The van der Waals surface area contributed by atoms with E-state index in [1.807, 2.05) is 47.5 Å². The first-order chi connectivity index (χ1) is 14.6. The lowest BCUT2D eigenvalue weighted by Gasteiger charge is -2.32. The van der Waals surface area contributed by atoms with E-state index < -0.39 is 0 Å². The fourth-order valence-corrected chi connectivity index (χ4v) is 4.17. The zero-order valence-corrected chi connectivity index (χ0v) is 17.9. The number of aromatic nitrogens is 2. The highest BCUT2D eigenvalue weighted by Crippen LogP contribution is 2.24. The number of rotatable bonds is 6. The van der Waals surface area contributed by atoms with Gasteiger partial charge in [0.2, 0.25) is 0 Å². The van der Waals surface area contributed by atoms with Gasteiger partial charge in [-0.2, -0.15) is 5.10 Å². The largest absolute Gasteiger partial charge is 0.497 e. The molecule has 0 spiro atoms. The van der Waals surface area contributed by atoms with Crippen molar-refractivity contribution >= 4 is 17.5 Å². The number of carbonyl (C=O) groups is 1. The van der Waals surface area contributed by atoms with Gasteiger partial charge in [-0.1, -0.05) is 41.9 Å². The van der Waals surface area contributed by atoms with Gasteiger partial charge in [0.15, 0.2) is 0 Å². The Bertz CT molecular complexity index is 992. The molecule has 30 heavy (non-hydrogen) atoms. The average Bonchev–Trinajstić information content (AvgIpc) is 3.24. The van der Waals surface area contributed by atoms with Crippen molar-refractivity contribution in [1.29, 1.82) is 0 Å². The van der Waals surface area contributed by atoms with Crippen LogP contribution in [0.15, 0.2) is 60.9 Å². The van der Waals surface area contributed by atoms with Crippen LogP contribution in [-0.4, -0.2) is 40.8 Å². The van der Waals surface area contributed by atoms with E-state index in [0.29, 0.717) is 23.0 Å². The Kier molecular flexibility index (Phi) is 6.38. The van der Waals surface area contributed by atoms with Crippen molar-refractivity contribution in [3.8, 4) is 5.75 Å². The average molecular weight is 424 g/mol. The lowest BCUT2D eigenvalue weighted by atomic mass is 9.90. The Morgan fingerprint density at radius 1 is 1.13 bits per heavy atom. The van der Waals surface area contributed by atoms with Gasteiger partial charge in [0, 0.05) is 24.3 Å². The Morgan fingerprint density at radius 3 is 2.57 bits per heavy atom. The lowest BCUT2D eigenvalue weighted by Crippen LogP contribution is -2.38. The maximum absolute atomic E-state index is 12.9. The molecule has 0 radical (unpaired) electrons. The monoisotopic (exact) mass is 423 g/mol. The highest BCUT2D eigenvalue weighted by molar-refractivity contribution is 6.31. The van der Waals surface area contributed by atoms with Crippen molar-refractivity contribution in [2.75, 3.05) is 20.2 Å². The third kappa shape index (κ3) is 4.85. The molecule has 4 rings (SSSR count). The topological polar surface area (TPSA) is 47.4 Å². The first-order valence-corrected chi connectivity index (χ1v) is 10.7. The van der Waals surface area contributed by atoms with Crippen LogP contribution in [0.4, 0.5) is 0 Å². The highest BCUT2D eigenvalue weighted by atomic mass is 35.5. The molecule has 6 heteroatoms. The molecule has 5 nitrogen and oxygen atoms in total. The summed E-state index contributed by atoms with van der Waals surface area (Å²) in [6.07, 6.45) is 6.55. The molecular weight excluding hydrogens is 398 g/mol. The van der Waals surface area contributed by atoms with E-state index in [4.69, 9.17) is 16.3 Å². The summed E-state index contributed by atoms with van der Waals surface area (Å²) >= 11 is 6.23. The van der Waals surface area contributed by atoms with Gasteiger partial charge in [0.05, 0.1) is 25.4 Å². The summed E-state index contributed by atoms with van der Waals surface area (Å²) in [6, 6.07) is 16.0. The lowest BCUT2D eigenvalue weighted by molar-refractivity contribution is 0.0690. The number of amides is 1.